The van der Waals surface area contributed by atoms with Gasteiger partial charge in [0, 0.05) is 0 Å². The number of amides is 1. The van der Waals surface area contributed by atoms with E-state index in [0.29, 0.717) is 12.3 Å². The summed E-state index contributed by atoms with van der Waals surface area (Å²) in [6, 6.07) is 8.00. The molecule has 0 saturated carbocycles. The highest BCUT2D eigenvalue weighted by molar-refractivity contribution is 6.30. The van der Waals surface area contributed by atoms with Crippen molar-refractivity contribution in [2.75, 3.05) is 0 Å². The molecular formula is C12H16ClNO. The highest BCUT2D eigenvalue weighted by Crippen LogP contribution is 2.21. The van der Waals surface area contributed by atoms with Crippen LogP contribution in [0.15, 0.2) is 24.3 Å². The number of alkyl halides is 1. The Kier molecular flexibility index (Phi) is 4.15. The largest absolute Gasteiger partial charge is 0.368 e. The predicted octanol–water partition coefficient (Wildman–Crippen LogP) is 2.45. The van der Waals surface area contributed by atoms with E-state index in [1.807, 2.05) is 18.2 Å². The Hall–Kier alpha value is -1.02. The summed E-state index contributed by atoms with van der Waals surface area (Å²) in [6.07, 6.45) is 0.505. The minimum atomic E-state index is -0.620. The van der Waals surface area contributed by atoms with Crippen molar-refractivity contribution in [2.45, 2.75) is 31.6 Å². The van der Waals surface area contributed by atoms with Crippen molar-refractivity contribution in [1.29, 1.82) is 0 Å². The smallest absolute Gasteiger partial charge is 0.235 e. The van der Waals surface area contributed by atoms with Crippen LogP contribution in [0.1, 0.15) is 30.9 Å². The number of hydrogen-bond acceptors (Lipinski definition) is 1. The van der Waals surface area contributed by atoms with Gasteiger partial charge in [0.15, 0.2) is 0 Å². The Morgan fingerprint density at radius 3 is 2.53 bits per heavy atom. The van der Waals surface area contributed by atoms with Gasteiger partial charge in [0.1, 0.15) is 5.38 Å². The van der Waals surface area contributed by atoms with Crippen LogP contribution in [0.2, 0.25) is 0 Å². The summed E-state index contributed by atoms with van der Waals surface area (Å²) in [7, 11) is 0. The Bertz CT molecular complexity index is 349. The first kappa shape index (κ1) is 12.1. The molecule has 0 bridgehead atoms. The molecule has 0 aliphatic rings. The van der Waals surface area contributed by atoms with E-state index in [4.69, 9.17) is 17.3 Å². The maximum absolute atomic E-state index is 10.9. The maximum atomic E-state index is 10.9. The van der Waals surface area contributed by atoms with Gasteiger partial charge in [0.25, 0.3) is 0 Å². The minimum Gasteiger partial charge on any atom is -0.368 e. The molecule has 0 aliphatic carbocycles. The van der Waals surface area contributed by atoms with Gasteiger partial charge in [0.05, 0.1) is 0 Å². The second-order valence-corrected chi connectivity index (χ2v) is 4.45. The first-order chi connectivity index (χ1) is 7.02. The molecule has 1 unspecified atom stereocenters. The fourth-order valence-corrected chi connectivity index (χ4v) is 1.74. The SMILES string of the molecule is CC(C)c1ccccc1CC(Cl)C(N)=O. The van der Waals surface area contributed by atoms with E-state index in [2.05, 4.69) is 19.9 Å². The summed E-state index contributed by atoms with van der Waals surface area (Å²) in [5.41, 5.74) is 7.47. The van der Waals surface area contributed by atoms with Gasteiger partial charge < -0.3 is 5.73 Å². The van der Waals surface area contributed by atoms with E-state index in [1.54, 1.807) is 0 Å². The molecule has 2 N–H and O–H groups in total. The molecule has 1 atom stereocenters. The lowest BCUT2D eigenvalue weighted by atomic mass is 9.94. The van der Waals surface area contributed by atoms with Crippen LogP contribution in [0.3, 0.4) is 0 Å². The summed E-state index contributed by atoms with van der Waals surface area (Å²) in [4.78, 5) is 10.9. The Balaban J connectivity index is 2.89. The van der Waals surface area contributed by atoms with Crippen LogP contribution >= 0.6 is 11.6 Å². The van der Waals surface area contributed by atoms with Crippen molar-refractivity contribution < 1.29 is 4.79 Å². The monoisotopic (exact) mass is 225 g/mol. The molecule has 3 heteroatoms. The lowest BCUT2D eigenvalue weighted by molar-refractivity contribution is -0.117. The average molecular weight is 226 g/mol. The minimum absolute atomic E-state index is 0.429. The molecule has 0 spiro atoms. The fourth-order valence-electron chi connectivity index (χ4n) is 1.58. The highest BCUT2D eigenvalue weighted by atomic mass is 35.5. The Morgan fingerprint density at radius 2 is 2.00 bits per heavy atom. The number of rotatable bonds is 4. The molecule has 0 aliphatic heterocycles. The van der Waals surface area contributed by atoms with E-state index in [1.165, 1.54) is 5.56 Å². The molecule has 82 valence electrons. The van der Waals surface area contributed by atoms with Crippen molar-refractivity contribution in [3.05, 3.63) is 35.4 Å². The van der Waals surface area contributed by atoms with Crippen LogP contribution in [-0.4, -0.2) is 11.3 Å². The average Bonchev–Trinajstić information content (AvgIpc) is 2.18. The number of halogens is 1. The van der Waals surface area contributed by atoms with Gasteiger partial charge in [-0.25, -0.2) is 0 Å². The molecular weight excluding hydrogens is 210 g/mol. The van der Waals surface area contributed by atoms with Crippen molar-refractivity contribution in [3.8, 4) is 0 Å². The Labute approximate surface area is 95.4 Å². The van der Waals surface area contributed by atoms with Gasteiger partial charge in [0.2, 0.25) is 5.91 Å². The lowest BCUT2D eigenvalue weighted by Crippen LogP contribution is -2.25. The van der Waals surface area contributed by atoms with E-state index < -0.39 is 11.3 Å². The molecule has 15 heavy (non-hydrogen) atoms. The summed E-state index contributed by atoms with van der Waals surface area (Å²) >= 11 is 5.85. The third-order valence-corrected chi connectivity index (χ3v) is 2.75. The standard InChI is InChI=1S/C12H16ClNO/c1-8(2)10-6-4-3-5-9(10)7-11(13)12(14)15/h3-6,8,11H,7H2,1-2H3,(H2,14,15). The molecule has 1 aromatic rings. The molecule has 1 amide bonds. The number of hydrogen-bond donors (Lipinski definition) is 1. The van der Waals surface area contributed by atoms with Crippen LogP contribution in [0, 0.1) is 0 Å². The molecule has 0 fully saturated rings. The first-order valence-corrected chi connectivity index (χ1v) is 5.47. The second kappa shape index (κ2) is 5.17. The third kappa shape index (κ3) is 3.24. The number of benzene rings is 1. The fraction of sp³-hybridized carbons (Fsp3) is 0.417. The predicted molar refractivity (Wildman–Crippen MR) is 63.1 cm³/mol. The van der Waals surface area contributed by atoms with E-state index in [0.717, 1.165) is 5.56 Å². The molecule has 0 radical (unpaired) electrons. The quantitative estimate of drug-likeness (QED) is 0.786. The topological polar surface area (TPSA) is 43.1 Å². The normalized spacial score (nSPS) is 12.8. The summed E-state index contributed by atoms with van der Waals surface area (Å²) in [5, 5.41) is -0.620. The highest BCUT2D eigenvalue weighted by Gasteiger charge is 2.15. The zero-order valence-corrected chi connectivity index (χ0v) is 9.79. The lowest BCUT2D eigenvalue weighted by Gasteiger charge is -2.13. The molecule has 2 nitrogen and oxygen atoms in total. The van der Waals surface area contributed by atoms with Crippen LogP contribution in [0.5, 0.6) is 0 Å². The molecule has 0 saturated heterocycles. The van der Waals surface area contributed by atoms with Gasteiger partial charge in [-0.3, -0.25) is 4.79 Å². The van der Waals surface area contributed by atoms with E-state index in [9.17, 15) is 4.79 Å². The van der Waals surface area contributed by atoms with Crippen LogP contribution in [0.4, 0.5) is 0 Å². The zero-order valence-electron chi connectivity index (χ0n) is 9.03. The van der Waals surface area contributed by atoms with Crippen LogP contribution < -0.4 is 5.73 Å². The van der Waals surface area contributed by atoms with Crippen molar-refractivity contribution in [1.82, 2.24) is 0 Å². The van der Waals surface area contributed by atoms with Crippen LogP contribution in [-0.2, 0) is 11.2 Å². The third-order valence-electron chi connectivity index (χ3n) is 2.38. The van der Waals surface area contributed by atoms with Crippen molar-refractivity contribution >= 4 is 17.5 Å². The van der Waals surface area contributed by atoms with Crippen LogP contribution in [0.25, 0.3) is 0 Å². The van der Waals surface area contributed by atoms with Gasteiger partial charge in [-0.05, 0) is 23.5 Å². The van der Waals surface area contributed by atoms with E-state index >= 15 is 0 Å². The zero-order chi connectivity index (χ0) is 11.4. The summed E-state index contributed by atoms with van der Waals surface area (Å²) in [6.45, 7) is 4.23. The molecule has 0 aromatic heterocycles. The second-order valence-electron chi connectivity index (χ2n) is 3.93. The van der Waals surface area contributed by atoms with Gasteiger partial charge in [-0.2, -0.15) is 0 Å². The van der Waals surface area contributed by atoms with E-state index in [-0.39, 0.29) is 0 Å². The van der Waals surface area contributed by atoms with Crippen molar-refractivity contribution in [3.63, 3.8) is 0 Å². The van der Waals surface area contributed by atoms with Gasteiger partial charge >= 0.3 is 0 Å². The molecule has 1 aromatic carbocycles. The molecule has 0 heterocycles. The van der Waals surface area contributed by atoms with Gasteiger partial charge in [-0.1, -0.05) is 38.1 Å². The number of primary amides is 1. The number of carbonyl (C=O) groups is 1. The summed E-state index contributed by atoms with van der Waals surface area (Å²) in [5.74, 6) is -0.0341. The number of carbonyl (C=O) groups excluding carboxylic acids is 1. The number of nitrogens with two attached hydrogens (primary N) is 1. The first-order valence-electron chi connectivity index (χ1n) is 5.03. The molecule has 1 rings (SSSR count). The van der Waals surface area contributed by atoms with Crippen molar-refractivity contribution in [2.24, 2.45) is 5.73 Å². The van der Waals surface area contributed by atoms with Gasteiger partial charge in [-0.15, -0.1) is 11.6 Å². The summed E-state index contributed by atoms with van der Waals surface area (Å²) < 4.78 is 0. The Morgan fingerprint density at radius 1 is 1.40 bits per heavy atom. The maximum Gasteiger partial charge on any atom is 0.235 e.